The minimum absolute atomic E-state index is 0.242. The first kappa shape index (κ1) is 21.1. The number of benzene rings is 3. The van der Waals surface area contributed by atoms with Gasteiger partial charge in [0.1, 0.15) is 5.75 Å². The highest BCUT2D eigenvalue weighted by Crippen LogP contribution is 2.23. The Labute approximate surface area is 176 Å². The molecule has 0 radical (unpaired) electrons. The Morgan fingerprint density at radius 1 is 0.833 bits per heavy atom. The molecule has 30 heavy (non-hydrogen) atoms. The number of anilines is 1. The van der Waals surface area contributed by atoms with E-state index in [1.165, 1.54) is 0 Å². The normalized spacial score (nSPS) is 11.4. The van der Waals surface area contributed by atoms with Crippen molar-refractivity contribution in [3.63, 3.8) is 0 Å². The molecule has 1 atom stereocenters. The van der Waals surface area contributed by atoms with E-state index in [4.69, 9.17) is 9.47 Å². The zero-order chi connectivity index (χ0) is 21.3. The van der Waals surface area contributed by atoms with Gasteiger partial charge in [0.05, 0.1) is 12.2 Å². The highest BCUT2D eigenvalue weighted by atomic mass is 16.5. The summed E-state index contributed by atoms with van der Waals surface area (Å²) in [6.07, 6.45) is -0.106. The van der Waals surface area contributed by atoms with Gasteiger partial charge in [0.2, 0.25) is 0 Å². The molecule has 0 aliphatic carbocycles. The highest BCUT2D eigenvalue weighted by molar-refractivity contribution is 5.95. The number of carbonyl (C=O) groups excluding carboxylic acids is 2. The van der Waals surface area contributed by atoms with Crippen LogP contribution in [0.3, 0.4) is 0 Å². The molecule has 0 saturated heterocycles. The predicted octanol–water partition coefficient (Wildman–Crippen LogP) is 5.33. The molecule has 1 unspecified atom stereocenters. The molecule has 0 aromatic heterocycles. The quantitative estimate of drug-likeness (QED) is 0.517. The van der Waals surface area contributed by atoms with Gasteiger partial charge in [-0.25, -0.2) is 4.79 Å². The lowest BCUT2D eigenvalue weighted by Crippen LogP contribution is -2.32. The minimum atomic E-state index is -0.627. The van der Waals surface area contributed by atoms with E-state index in [1.807, 2.05) is 61.5 Å². The van der Waals surface area contributed by atoms with Crippen LogP contribution in [0.5, 0.6) is 5.75 Å². The molecule has 3 aromatic carbocycles. The topological polar surface area (TPSA) is 64.6 Å². The van der Waals surface area contributed by atoms with E-state index in [-0.39, 0.29) is 11.9 Å². The first-order valence-electron chi connectivity index (χ1n) is 10.0. The smallest absolute Gasteiger partial charge is 0.338 e. The molecule has 1 N–H and O–H groups in total. The summed E-state index contributed by atoms with van der Waals surface area (Å²) in [5.41, 5.74) is 3.24. The Bertz CT molecular complexity index is 966. The number of nitrogens with one attached hydrogen (secondary N) is 1. The molecule has 0 aliphatic rings. The molecule has 0 fully saturated rings. The van der Waals surface area contributed by atoms with Crippen LogP contribution in [0.15, 0.2) is 78.9 Å². The molecular weight excluding hydrogens is 378 g/mol. The second-order valence-electron chi connectivity index (χ2n) is 6.69. The Balaban J connectivity index is 1.61. The third-order valence-electron chi connectivity index (χ3n) is 4.57. The van der Waals surface area contributed by atoms with Crippen molar-refractivity contribution in [3.8, 4) is 16.9 Å². The fourth-order valence-electron chi connectivity index (χ4n) is 2.97. The number of hydrogen-bond acceptors (Lipinski definition) is 4. The van der Waals surface area contributed by atoms with Crippen molar-refractivity contribution in [2.24, 2.45) is 0 Å². The van der Waals surface area contributed by atoms with E-state index >= 15 is 0 Å². The largest absolute Gasteiger partial charge is 0.481 e. The van der Waals surface area contributed by atoms with Crippen LogP contribution in [0.25, 0.3) is 11.1 Å². The van der Waals surface area contributed by atoms with Crippen molar-refractivity contribution in [1.82, 2.24) is 0 Å². The fraction of sp³-hybridized carbons (Fsp3) is 0.200. The molecule has 3 rings (SSSR count). The van der Waals surface area contributed by atoms with Crippen LogP contribution in [0.1, 0.15) is 30.6 Å². The lowest BCUT2D eigenvalue weighted by atomic mass is 10.1. The van der Waals surface area contributed by atoms with Crippen molar-refractivity contribution >= 4 is 17.6 Å². The van der Waals surface area contributed by atoms with Crippen LogP contribution >= 0.6 is 0 Å². The second-order valence-corrected chi connectivity index (χ2v) is 6.69. The first-order chi connectivity index (χ1) is 14.6. The number of carbonyl (C=O) groups is 2. The highest BCUT2D eigenvalue weighted by Gasteiger charge is 2.19. The van der Waals surface area contributed by atoms with E-state index in [2.05, 4.69) is 5.32 Å². The molecular formula is C25H25NO4. The van der Waals surface area contributed by atoms with Crippen LogP contribution in [0, 0.1) is 0 Å². The maximum atomic E-state index is 12.6. The van der Waals surface area contributed by atoms with E-state index in [9.17, 15) is 9.59 Å². The van der Waals surface area contributed by atoms with Crippen LogP contribution in [-0.4, -0.2) is 24.6 Å². The third kappa shape index (κ3) is 5.47. The standard InChI is InChI=1S/C25H25NO4/c1-3-23(24(27)26-21-14-10-20(11-15-21)25(28)29-4-2)30-22-16-12-19(13-17-22)18-8-6-5-7-9-18/h5-17,23H,3-4H2,1-2H3,(H,26,27). The zero-order valence-electron chi connectivity index (χ0n) is 17.1. The summed E-state index contributed by atoms with van der Waals surface area (Å²) in [5, 5.41) is 2.83. The summed E-state index contributed by atoms with van der Waals surface area (Å²) in [4.78, 5) is 24.4. The third-order valence-corrected chi connectivity index (χ3v) is 4.57. The molecule has 5 nitrogen and oxygen atoms in total. The van der Waals surface area contributed by atoms with Gasteiger partial charge in [0, 0.05) is 5.69 Å². The maximum Gasteiger partial charge on any atom is 0.338 e. The summed E-state index contributed by atoms with van der Waals surface area (Å²) in [6, 6.07) is 24.3. The van der Waals surface area contributed by atoms with E-state index in [0.717, 1.165) is 11.1 Å². The van der Waals surface area contributed by atoms with Crippen molar-refractivity contribution < 1.29 is 19.1 Å². The van der Waals surface area contributed by atoms with Crippen LogP contribution in [-0.2, 0) is 9.53 Å². The Morgan fingerprint density at radius 3 is 2.07 bits per heavy atom. The predicted molar refractivity (Wildman–Crippen MR) is 118 cm³/mol. The SMILES string of the molecule is CCOC(=O)c1ccc(NC(=O)C(CC)Oc2ccc(-c3ccccc3)cc2)cc1. The van der Waals surface area contributed by atoms with Gasteiger partial charge in [-0.1, -0.05) is 49.4 Å². The number of hydrogen-bond donors (Lipinski definition) is 1. The maximum absolute atomic E-state index is 12.6. The average molecular weight is 403 g/mol. The zero-order valence-corrected chi connectivity index (χ0v) is 17.1. The van der Waals surface area contributed by atoms with Crippen molar-refractivity contribution in [1.29, 1.82) is 0 Å². The van der Waals surface area contributed by atoms with E-state index in [1.54, 1.807) is 31.2 Å². The summed E-state index contributed by atoms with van der Waals surface area (Å²) >= 11 is 0. The van der Waals surface area contributed by atoms with Crippen LogP contribution < -0.4 is 10.1 Å². The number of esters is 1. The first-order valence-corrected chi connectivity index (χ1v) is 10.0. The monoisotopic (exact) mass is 403 g/mol. The second kappa shape index (κ2) is 10.3. The lowest BCUT2D eigenvalue weighted by Gasteiger charge is -2.17. The molecule has 3 aromatic rings. The van der Waals surface area contributed by atoms with Crippen molar-refractivity contribution in [3.05, 3.63) is 84.4 Å². The number of rotatable bonds is 8. The van der Waals surface area contributed by atoms with Crippen LogP contribution in [0.2, 0.25) is 0 Å². The van der Waals surface area contributed by atoms with E-state index in [0.29, 0.717) is 30.0 Å². The molecule has 0 spiro atoms. The van der Waals surface area contributed by atoms with Gasteiger partial charge in [0.15, 0.2) is 6.10 Å². The average Bonchev–Trinajstić information content (AvgIpc) is 2.79. The van der Waals surface area contributed by atoms with Crippen molar-refractivity contribution in [2.45, 2.75) is 26.4 Å². The number of amides is 1. The molecule has 0 saturated carbocycles. The van der Waals surface area contributed by atoms with Crippen molar-refractivity contribution in [2.75, 3.05) is 11.9 Å². The summed E-state index contributed by atoms with van der Waals surface area (Å²) in [5.74, 6) is 0.00644. The molecule has 154 valence electrons. The molecule has 5 heteroatoms. The molecule has 0 aliphatic heterocycles. The Hall–Kier alpha value is -3.60. The van der Waals surface area contributed by atoms with Gasteiger partial charge in [-0.3, -0.25) is 4.79 Å². The van der Waals surface area contributed by atoms with Gasteiger partial charge >= 0.3 is 5.97 Å². The summed E-state index contributed by atoms with van der Waals surface area (Å²) < 4.78 is 10.9. The van der Waals surface area contributed by atoms with Gasteiger partial charge in [-0.2, -0.15) is 0 Å². The lowest BCUT2D eigenvalue weighted by molar-refractivity contribution is -0.122. The molecule has 1 amide bonds. The van der Waals surface area contributed by atoms with E-state index < -0.39 is 6.10 Å². The van der Waals surface area contributed by atoms with Gasteiger partial charge in [-0.05, 0) is 60.9 Å². The summed E-state index contributed by atoms with van der Waals surface area (Å²) in [7, 11) is 0. The van der Waals surface area contributed by atoms with Gasteiger partial charge < -0.3 is 14.8 Å². The number of ether oxygens (including phenoxy) is 2. The Morgan fingerprint density at radius 2 is 1.47 bits per heavy atom. The molecule has 0 bridgehead atoms. The minimum Gasteiger partial charge on any atom is -0.481 e. The Kier molecular flexibility index (Phi) is 7.22. The molecule has 0 heterocycles. The van der Waals surface area contributed by atoms with Crippen LogP contribution in [0.4, 0.5) is 5.69 Å². The summed E-state index contributed by atoms with van der Waals surface area (Å²) in [6.45, 7) is 3.97. The van der Waals surface area contributed by atoms with Gasteiger partial charge in [-0.15, -0.1) is 0 Å². The fourth-order valence-corrected chi connectivity index (χ4v) is 2.97. The van der Waals surface area contributed by atoms with Gasteiger partial charge in [0.25, 0.3) is 5.91 Å².